The Kier molecular flexibility index (Phi) is 2.43. The molecule has 5 heteroatoms. The molecule has 0 aromatic carbocycles. The average molecular weight is 160 g/mol. The summed E-state index contributed by atoms with van der Waals surface area (Å²) in [5.74, 6) is -0.366. The second-order valence-corrected chi connectivity index (χ2v) is 2.71. The molecule has 0 saturated carbocycles. The van der Waals surface area contributed by atoms with Crippen LogP contribution in [0, 0.1) is 0 Å². The molecule has 1 amide bonds. The summed E-state index contributed by atoms with van der Waals surface area (Å²) in [6, 6.07) is -0.226. The highest BCUT2D eigenvalue weighted by Gasteiger charge is 2.39. The number of aliphatic hydroxyl groups excluding tert-OH is 2. The van der Waals surface area contributed by atoms with Gasteiger partial charge in [-0.3, -0.25) is 9.69 Å². The van der Waals surface area contributed by atoms with Crippen LogP contribution in [0.1, 0.15) is 0 Å². The van der Waals surface area contributed by atoms with Gasteiger partial charge in [-0.15, -0.1) is 0 Å². The number of amides is 1. The van der Waals surface area contributed by atoms with E-state index in [0.717, 1.165) is 0 Å². The van der Waals surface area contributed by atoms with Crippen LogP contribution < -0.4 is 5.73 Å². The number of nitrogens with zero attached hydrogens (tertiary/aromatic N) is 1. The SMILES string of the molecule is NC(=O)C1CN1CC(O)CO. The van der Waals surface area contributed by atoms with Crippen molar-refractivity contribution in [1.29, 1.82) is 0 Å². The maximum atomic E-state index is 10.5. The van der Waals surface area contributed by atoms with Gasteiger partial charge in [-0.1, -0.05) is 0 Å². The second kappa shape index (κ2) is 3.17. The molecule has 1 saturated heterocycles. The van der Waals surface area contributed by atoms with Crippen LogP contribution in [-0.2, 0) is 4.79 Å². The molecule has 3 unspecified atom stereocenters. The van der Waals surface area contributed by atoms with Crippen molar-refractivity contribution < 1.29 is 15.0 Å². The molecule has 3 atom stereocenters. The quantitative estimate of drug-likeness (QED) is 0.397. The smallest absolute Gasteiger partial charge is 0.236 e. The third-order valence-electron chi connectivity index (χ3n) is 1.70. The highest BCUT2D eigenvalue weighted by atomic mass is 16.3. The molecule has 0 aromatic heterocycles. The topological polar surface area (TPSA) is 86.6 Å². The largest absolute Gasteiger partial charge is 0.394 e. The van der Waals surface area contributed by atoms with Gasteiger partial charge in [0.05, 0.1) is 12.7 Å². The van der Waals surface area contributed by atoms with Gasteiger partial charge < -0.3 is 15.9 Å². The number of primary amides is 1. The van der Waals surface area contributed by atoms with Gasteiger partial charge in [0.2, 0.25) is 5.91 Å². The van der Waals surface area contributed by atoms with Gasteiger partial charge >= 0.3 is 0 Å². The standard InChI is InChI=1S/C6H12N2O3/c7-6(11)5-2-8(5)1-4(10)3-9/h4-5,9-10H,1-3H2,(H2,7,11). The first-order valence-electron chi connectivity index (χ1n) is 3.47. The van der Waals surface area contributed by atoms with E-state index in [1.807, 2.05) is 0 Å². The monoisotopic (exact) mass is 160 g/mol. The van der Waals surface area contributed by atoms with E-state index in [2.05, 4.69) is 0 Å². The fraction of sp³-hybridized carbons (Fsp3) is 0.833. The summed E-state index contributed by atoms with van der Waals surface area (Å²) >= 11 is 0. The normalized spacial score (nSPS) is 31.5. The Balaban J connectivity index is 2.18. The van der Waals surface area contributed by atoms with Crippen molar-refractivity contribution in [2.45, 2.75) is 12.1 Å². The lowest BCUT2D eigenvalue weighted by Gasteiger charge is -2.06. The lowest BCUT2D eigenvalue weighted by molar-refractivity contribution is -0.118. The molecule has 1 heterocycles. The van der Waals surface area contributed by atoms with E-state index in [4.69, 9.17) is 15.9 Å². The zero-order valence-electron chi connectivity index (χ0n) is 6.10. The highest BCUT2D eigenvalue weighted by molar-refractivity contribution is 5.82. The van der Waals surface area contributed by atoms with Crippen LogP contribution in [0.25, 0.3) is 0 Å². The predicted octanol–water partition coefficient (Wildman–Crippen LogP) is -2.49. The maximum Gasteiger partial charge on any atom is 0.236 e. The van der Waals surface area contributed by atoms with E-state index in [9.17, 15) is 4.79 Å². The second-order valence-electron chi connectivity index (χ2n) is 2.71. The van der Waals surface area contributed by atoms with E-state index in [0.29, 0.717) is 13.1 Å². The summed E-state index contributed by atoms with van der Waals surface area (Å²) in [5.41, 5.74) is 4.98. The molecular weight excluding hydrogens is 148 g/mol. The van der Waals surface area contributed by atoms with Crippen molar-refractivity contribution in [2.24, 2.45) is 5.73 Å². The Morgan fingerprint density at radius 2 is 2.45 bits per heavy atom. The Morgan fingerprint density at radius 1 is 1.82 bits per heavy atom. The molecule has 11 heavy (non-hydrogen) atoms. The minimum absolute atomic E-state index is 0.226. The fourth-order valence-electron chi connectivity index (χ4n) is 0.975. The number of aliphatic hydroxyl groups is 2. The molecule has 5 nitrogen and oxygen atoms in total. The van der Waals surface area contributed by atoms with Gasteiger partial charge in [0, 0.05) is 13.1 Å². The summed E-state index contributed by atoms with van der Waals surface area (Å²) in [5, 5.41) is 17.4. The summed E-state index contributed by atoms with van der Waals surface area (Å²) in [6.45, 7) is 0.651. The van der Waals surface area contributed by atoms with Crippen LogP contribution in [-0.4, -0.2) is 52.9 Å². The van der Waals surface area contributed by atoms with Crippen molar-refractivity contribution in [3.8, 4) is 0 Å². The molecule has 0 aromatic rings. The number of carbonyl (C=O) groups excluding carboxylic acids is 1. The van der Waals surface area contributed by atoms with Crippen LogP contribution in [0.5, 0.6) is 0 Å². The van der Waals surface area contributed by atoms with Crippen LogP contribution in [0.2, 0.25) is 0 Å². The number of hydrogen-bond acceptors (Lipinski definition) is 4. The Bertz CT molecular complexity index is 162. The zero-order chi connectivity index (χ0) is 8.43. The minimum atomic E-state index is -0.764. The number of carbonyl (C=O) groups is 1. The Labute approximate surface area is 64.4 Å². The molecule has 4 N–H and O–H groups in total. The fourth-order valence-corrected chi connectivity index (χ4v) is 0.975. The van der Waals surface area contributed by atoms with Crippen molar-refractivity contribution in [1.82, 2.24) is 4.90 Å². The lowest BCUT2D eigenvalue weighted by atomic mass is 10.4. The predicted molar refractivity (Wildman–Crippen MR) is 37.6 cm³/mol. The summed E-state index contributed by atoms with van der Waals surface area (Å²) in [6.07, 6.45) is -0.764. The average Bonchev–Trinajstić information content (AvgIpc) is 2.67. The molecule has 1 aliphatic heterocycles. The van der Waals surface area contributed by atoms with Crippen LogP contribution >= 0.6 is 0 Å². The number of β-amino-alcohol motifs (C(OH)–C–C–N with tert-alkyl or cyclic N) is 1. The van der Waals surface area contributed by atoms with E-state index < -0.39 is 6.10 Å². The number of rotatable bonds is 4. The summed E-state index contributed by atoms with van der Waals surface area (Å²) in [7, 11) is 0. The van der Waals surface area contributed by atoms with Crippen molar-refractivity contribution in [3.63, 3.8) is 0 Å². The Hall–Kier alpha value is -0.650. The first-order chi connectivity index (χ1) is 5.15. The van der Waals surface area contributed by atoms with E-state index in [-0.39, 0.29) is 18.6 Å². The van der Waals surface area contributed by atoms with Crippen molar-refractivity contribution in [2.75, 3.05) is 19.7 Å². The number of hydrogen-bond donors (Lipinski definition) is 3. The molecule has 1 rings (SSSR count). The van der Waals surface area contributed by atoms with Crippen molar-refractivity contribution >= 4 is 5.91 Å². The molecule has 1 fully saturated rings. The first kappa shape index (κ1) is 8.45. The van der Waals surface area contributed by atoms with Gasteiger partial charge in [0.15, 0.2) is 0 Å². The molecular formula is C6H12N2O3. The third kappa shape index (κ3) is 2.14. The molecule has 0 radical (unpaired) electrons. The van der Waals surface area contributed by atoms with E-state index >= 15 is 0 Å². The van der Waals surface area contributed by atoms with E-state index in [1.165, 1.54) is 0 Å². The van der Waals surface area contributed by atoms with Crippen molar-refractivity contribution in [3.05, 3.63) is 0 Å². The molecule has 0 aliphatic carbocycles. The van der Waals surface area contributed by atoms with E-state index in [1.54, 1.807) is 4.90 Å². The lowest BCUT2D eigenvalue weighted by Crippen LogP contribution is -2.28. The van der Waals surface area contributed by atoms with Gasteiger partial charge in [0.1, 0.15) is 6.04 Å². The molecule has 0 bridgehead atoms. The maximum absolute atomic E-state index is 10.5. The highest BCUT2D eigenvalue weighted by Crippen LogP contribution is 2.16. The van der Waals surface area contributed by atoms with Gasteiger partial charge in [-0.25, -0.2) is 0 Å². The van der Waals surface area contributed by atoms with Crippen LogP contribution in [0.3, 0.4) is 0 Å². The minimum Gasteiger partial charge on any atom is -0.394 e. The molecule has 64 valence electrons. The Morgan fingerprint density at radius 3 is 2.82 bits per heavy atom. The van der Waals surface area contributed by atoms with Gasteiger partial charge in [-0.2, -0.15) is 0 Å². The summed E-state index contributed by atoms with van der Waals surface area (Å²) in [4.78, 5) is 12.2. The first-order valence-corrected chi connectivity index (χ1v) is 3.47. The van der Waals surface area contributed by atoms with Crippen LogP contribution in [0.15, 0.2) is 0 Å². The van der Waals surface area contributed by atoms with Gasteiger partial charge in [0.25, 0.3) is 0 Å². The number of nitrogens with two attached hydrogens (primary N) is 1. The van der Waals surface area contributed by atoms with Crippen LogP contribution in [0.4, 0.5) is 0 Å². The molecule has 1 aliphatic rings. The molecule has 0 spiro atoms. The summed E-state index contributed by atoms with van der Waals surface area (Å²) < 4.78 is 0. The van der Waals surface area contributed by atoms with Gasteiger partial charge in [-0.05, 0) is 0 Å². The zero-order valence-corrected chi connectivity index (χ0v) is 6.10. The third-order valence-corrected chi connectivity index (χ3v) is 1.70.